The number of urea groups is 1. The van der Waals surface area contributed by atoms with E-state index in [1.807, 2.05) is 48.5 Å². The molecular formula is C29H23N3O5. The van der Waals surface area contributed by atoms with Crippen LogP contribution < -0.4 is 10.6 Å². The zero-order valence-corrected chi connectivity index (χ0v) is 20.0. The van der Waals surface area contributed by atoms with Gasteiger partial charge in [0.15, 0.2) is 0 Å². The van der Waals surface area contributed by atoms with Crippen molar-refractivity contribution in [3.05, 3.63) is 95.7 Å². The van der Waals surface area contributed by atoms with E-state index in [0.29, 0.717) is 11.3 Å². The quantitative estimate of drug-likeness (QED) is 0.175. The van der Waals surface area contributed by atoms with E-state index in [-0.39, 0.29) is 12.3 Å². The molecule has 184 valence electrons. The number of fused-ring (bicyclic) bond motifs is 2. The maximum atomic E-state index is 13.1. The molecule has 4 aromatic carbocycles. The van der Waals surface area contributed by atoms with Crippen molar-refractivity contribution in [2.75, 3.05) is 18.5 Å². The van der Waals surface area contributed by atoms with Crippen LogP contribution in [-0.2, 0) is 14.3 Å². The van der Waals surface area contributed by atoms with Crippen LogP contribution in [0, 0.1) is 0 Å². The highest BCUT2D eigenvalue weighted by Gasteiger charge is 2.35. The molecule has 0 unspecified atom stereocenters. The van der Waals surface area contributed by atoms with E-state index in [4.69, 9.17) is 4.74 Å². The summed E-state index contributed by atoms with van der Waals surface area (Å²) in [5.41, 5.74) is 1.68. The van der Waals surface area contributed by atoms with Gasteiger partial charge in [0.2, 0.25) is 5.91 Å². The molecule has 0 spiro atoms. The van der Waals surface area contributed by atoms with Crippen LogP contribution in [0.2, 0.25) is 0 Å². The van der Waals surface area contributed by atoms with Crippen molar-refractivity contribution in [2.24, 2.45) is 0 Å². The fourth-order valence-corrected chi connectivity index (χ4v) is 4.31. The summed E-state index contributed by atoms with van der Waals surface area (Å²) in [6.07, 6.45) is 1.66. The van der Waals surface area contributed by atoms with Crippen LogP contribution in [0.3, 0.4) is 0 Å². The van der Waals surface area contributed by atoms with Gasteiger partial charge in [-0.15, -0.1) is 0 Å². The molecule has 4 aromatic rings. The van der Waals surface area contributed by atoms with Crippen molar-refractivity contribution in [2.45, 2.75) is 6.92 Å². The Morgan fingerprint density at radius 2 is 1.54 bits per heavy atom. The summed E-state index contributed by atoms with van der Waals surface area (Å²) >= 11 is 0. The molecular weight excluding hydrogens is 470 g/mol. The average Bonchev–Trinajstić information content (AvgIpc) is 3.16. The Labute approximate surface area is 212 Å². The minimum absolute atomic E-state index is 0.0955. The number of amides is 4. The van der Waals surface area contributed by atoms with Crippen LogP contribution in [-0.4, -0.2) is 41.9 Å². The first-order valence-electron chi connectivity index (χ1n) is 11.8. The molecule has 1 saturated heterocycles. The van der Waals surface area contributed by atoms with Gasteiger partial charge >= 0.3 is 12.0 Å². The standard InChI is InChI=1S/C29H23N3O5/c1-2-37-28(35)18-11-13-21(14-12-18)30-26(33)17-32-27(34)25(31-29(32)36)16-24-22-9-5-3-7-19(22)15-20-8-4-6-10-23(20)24/h3-16H,2,17H2,1H3,(H,30,33)(H,31,36)/b25-16-. The summed E-state index contributed by atoms with van der Waals surface area (Å²) < 4.78 is 4.94. The molecule has 0 atom stereocenters. The largest absolute Gasteiger partial charge is 0.462 e. The number of anilines is 1. The summed E-state index contributed by atoms with van der Waals surface area (Å²) in [6.45, 7) is 1.52. The fourth-order valence-electron chi connectivity index (χ4n) is 4.31. The molecule has 37 heavy (non-hydrogen) atoms. The number of nitrogens with zero attached hydrogens (tertiary/aromatic N) is 1. The van der Waals surface area contributed by atoms with Gasteiger partial charge in [0, 0.05) is 5.69 Å². The van der Waals surface area contributed by atoms with Gasteiger partial charge in [-0.3, -0.25) is 9.59 Å². The summed E-state index contributed by atoms with van der Waals surface area (Å²) in [4.78, 5) is 51.0. The molecule has 1 heterocycles. The van der Waals surface area contributed by atoms with E-state index in [0.717, 1.165) is 32.0 Å². The third-order valence-corrected chi connectivity index (χ3v) is 6.05. The summed E-state index contributed by atoms with van der Waals surface area (Å²) in [7, 11) is 0. The lowest BCUT2D eigenvalue weighted by atomic mass is 9.96. The lowest BCUT2D eigenvalue weighted by Crippen LogP contribution is -2.38. The van der Waals surface area contributed by atoms with E-state index < -0.39 is 30.4 Å². The SMILES string of the molecule is CCOC(=O)c1ccc(NC(=O)CN2C(=O)N/C(=C\c3c4ccccc4cc4ccccc34)C2=O)cc1. The Balaban J connectivity index is 1.36. The van der Waals surface area contributed by atoms with E-state index in [2.05, 4.69) is 16.7 Å². The number of esters is 1. The highest BCUT2D eigenvalue weighted by atomic mass is 16.5. The van der Waals surface area contributed by atoms with Crippen molar-refractivity contribution in [1.82, 2.24) is 10.2 Å². The molecule has 0 aromatic heterocycles. The number of carbonyl (C=O) groups is 4. The fraction of sp³-hybridized carbons (Fsp3) is 0.103. The Morgan fingerprint density at radius 3 is 2.16 bits per heavy atom. The van der Waals surface area contributed by atoms with Crippen LogP contribution in [0.15, 0.2) is 84.6 Å². The predicted molar refractivity (Wildman–Crippen MR) is 141 cm³/mol. The van der Waals surface area contributed by atoms with Gasteiger partial charge in [0.25, 0.3) is 5.91 Å². The van der Waals surface area contributed by atoms with Crippen LogP contribution in [0.25, 0.3) is 27.6 Å². The van der Waals surface area contributed by atoms with E-state index in [1.165, 1.54) is 12.1 Å². The lowest BCUT2D eigenvalue weighted by Gasteiger charge is -2.12. The summed E-state index contributed by atoms with van der Waals surface area (Å²) in [5, 5.41) is 9.14. The van der Waals surface area contributed by atoms with Crippen LogP contribution in [0.1, 0.15) is 22.8 Å². The monoisotopic (exact) mass is 493 g/mol. The molecule has 8 heteroatoms. The Bertz CT molecular complexity index is 1540. The maximum Gasteiger partial charge on any atom is 0.338 e. The zero-order chi connectivity index (χ0) is 25.9. The van der Waals surface area contributed by atoms with Crippen molar-refractivity contribution < 1.29 is 23.9 Å². The number of hydrogen-bond acceptors (Lipinski definition) is 5. The number of carbonyl (C=O) groups excluding carboxylic acids is 4. The molecule has 0 aliphatic carbocycles. The molecule has 8 nitrogen and oxygen atoms in total. The molecule has 1 aliphatic heterocycles. The Kier molecular flexibility index (Phi) is 6.38. The van der Waals surface area contributed by atoms with Crippen LogP contribution in [0.4, 0.5) is 10.5 Å². The molecule has 1 fully saturated rings. The van der Waals surface area contributed by atoms with Crippen molar-refractivity contribution in [1.29, 1.82) is 0 Å². The first kappa shape index (κ1) is 23.7. The van der Waals surface area contributed by atoms with Crippen molar-refractivity contribution >= 4 is 57.1 Å². The second kappa shape index (κ2) is 9.94. The molecule has 2 N–H and O–H groups in total. The summed E-state index contributed by atoms with van der Waals surface area (Å²) in [5.74, 6) is -1.60. The first-order chi connectivity index (χ1) is 17.9. The van der Waals surface area contributed by atoms with Crippen molar-refractivity contribution in [3.63, 3.8) is 0 Å². The zero-order valence-electron chi connectivity index (χ0n) is 20.0. The molecule has 4 amide bonds. The van der Waals surface area contributed by atoms with Gasteiger partial charge in [-0.05, 0) is 70.4 Å². The highest BCUT2D eigenvalue weighted by Crippen LogP contribution is 2.30. The van der Waals surface area contributed by atoms with Gasteiger partial charge in [0.1, 0.15) is 12.2 Å². The molecule has 0 radical (unpaired) electrons. The normalized spacial score (nSPS) is 14.3. The molecule has 0 saturated carbocycles. The molecule has 1 aliphatic rings. The number of imide groups is 1. The lowest BCUT2D eigenvalue weighted by molar-refractivity contribution is -0.127. The minimum Gasteiger partial charge on any atom is -0.462 e. The first-order valence-corrected chi connectivity index (χ1v) is 11.8. The van der Waals surface area contributed by atoms with E-state index >= 15 is 0 Å². The van der Waals surface area contributed by atoms with Crippen LogP contribution >= 0.6 is 0 Å². The number of benzene rings is 4. The predicted octanol–water partition coefficient (Wildman–Crippen LogP) is 4.70. The van der Waals surface area contributed by atoms with Crippen molar-refractivity contribution in [3.8, 4) is 0 Å². The van der Waals surface area contributed by atoms with E-state index in [9.17, 15) is 19.2 Å². The van der Waals surface area contributed by atoms with Gasteiger partial charge in [-0.25, -0.2) is 14.5 Å². The van der Waals surface area contributed by atoms with Gasteiger partial charge in [-0.1, -0.05) is 48.5 Å². The highest BCUT2D eigenvalue weighted by molar-refractivity contribution is 6.18. The molecule has 5 rings (SSSR count). The smallest absolute Gasteiger partial charge is 0.338 e. The average molecular weight is 494 g/mol. The third kappa shape index (κ3) is 4.77. The van der Waals surface area contributed by atoms with Crippen LogP contribution in [0.5, 0.6) is 0 Å². The number of ether oxygens (including phenoxy) is 1. The summed E-state index contributed by atoms with van der Waals surface area (Å²) in [6, 6.07) is 23.2. The second-order valence-electron chi connectivity index (χ2n) is 8.46. The Hall–Kier alpha value is -4.98. The second-order valence-corrected chi connectivity index (χ2v) is 8.46. The minimum atomic E-state index is -0.673. The van der Waals surface area contributed by atoms with Gasteiger partial charge in [0.05, 0.1) is 12.2 Å². The number of nitrogens with one attached hydrogen (secondary N) is 2. The topological polar surface area (TPSA) is 105 Å². The number of hydrogen-bond donors (Lipinski definition) is 2. The van der Waals surface area contributed by atoms with E-state index in [1.54, 1.807) is 25.1 Å². The molecule has 0 bridgehead atoms. The maximum absolute atomic E-state index is 13.1. The third-order valence-electron chi connectivity index (χ3n) is 6.05. The number of rotatable bonds is 6. The van der Waals surface area contributed by atoms with Gasteiger partial charge < -0.3 is 15.4 Å². The Morgan fingerprint density at radius 1 is 0.919 bits per heavy atom. The van der Waals surface area contributed by atoms with Gasteiger partial charge in [-0.2, -0.15) is 0 Å².